The number of ketones is 2. The first-order valence-electron chi connectivity index (χ1n) is 20.7. The van der Waals surface area contributed by atoms with Gasteiger partial charge in [0.05, 0.1) is 35.2 Å². The fourth-order valence-corrected chi connectivity index (χ4v) is 12.5. The molecule has 1 amide bonds. The molecule has 9 atom stereocenters. The summed E-state index contributed by atoms with van der Waals surface area (Å²) in [7, 11) is 2.03. The van der Waals surface area contributed by atoms with Crippen molar-refractivity contribution in [2.24, 2.45) is 46.3 Å². The molecule has 56 heavy (non-hydrogen) atoms. The normalized spacial score (nSPS) is 32.4. The fourth-order valence-electron chi connectivity index (χ4n) is 12.2. The van der Waals surface area contributed by atoms with E-state index in [1.807, 2.05) is 41.0 Å². The van der Waals surface area contributed by atoms with Gasteiger partial charge in [-0.05, 0) is 104 Å². The number of carbonyl (C=O) groups excluding carboxylic acids is 3. The van der Waals surface area contributed by atoms with Crippen molar-refractivity contribution in [2.75, 3.05) is 25.0 Å². The van der Waals surface area contributed by atoms with Crippen LogP contribution in [-0.2, 0) is 20.9 Å². The van der Waals surface area contributed by atoms with E-state index in [2.05, 4.69) is 56.5 Å². The summed E-state index contributed by atoms with van der Waals surface area (Å²) in [4.78, 5) is 61.4. The van der Waals surface area contributed by atoms with E-state index in [-0.39, 0.29) is 29.7 Å². The molecule has 4 aromatic heterocycles. The predicted molar refractivity (Wildman–Crippen MR) is 220 cm³/mol. The third-order valence-corrected chi connectivity index (χ3v) is 15.7. The summed E-state index contributed by atoms with van der Waals surface area (Å²) in [5, 5.41) is 0.995. The summed E-state index contributed by atoms with van der Waals surface area (Å²) >= 11 is 5.39. The minimum atomic E-state index is 0.0345. The summed E-state index contributed by atoms with van der Waals surface area (Å²) in [6, 6.07) is 4.03. The van der Waals surface area contributed by atoms with E-state index in [1.54, 1.807) is 12.7 Å². The van der Waals surface area contributed by atoms with Crippen molar-refractivity contribution in [3.8, 4) is 12.3 Å². The number of nitrogens with zero attached hydrogens (tertiary/aromatic N) is 6. The van der Waals surface area contributed by atoms with Gasteiger partial charge in [0, 0.05) is 51.3 Å². The standard InChI is InChI=1S/C27H35N3O2S.C17H21N5O/c1-26-10-7-17(31)13-16(26)3-4-18-19-5-6-21(27(19,2)11-8-20(18)26)22(32)14-30-15-29-24-23(33)9-12-28-25(24)30;1-4-5-15(23)22-9-7-12(2)14(10-22)21(3)17-13-6-8-18-16(13)19-11-20-17/h9,12,15-16,18-21H,3-8,10-11,13-14H2,1-2H3,(H,28,33);1,6,8,11-12,14H,5,7,9-10H2,2-3H3,(H,18,19,20). The molecule has 0 radical (unpaired) electrons. The highest BCUT2D eigenvalue weighted by atomic mass is 32.1. The van der Waals surface area contributed by atoms with Gasteiger partial charge in [0.15, 0.2) is 5.78 Å². The van der Waals surface area contributed by atoms with Crippen LogP contribution in [0.15, 0.2) is 37.2 Å². The number of hydrogen-bond donors (Lipinski definition) is 2. The van der Waals surface area contributed by atoms with Crippen LogP contribution >= 0.6 is 12.2 Å². The number of imidazole rings is 1. The molecule has 0 spiro atoms. The molecule has 0 bridgehead atoms. The minimum Gasteiger partial charge on any atom is -0.354 e. The highest BCUT2D eigenvalue weighted by Crippen LogP contribution is 2.67. The highest BCUT2D eigenvalue weighted by molar-refractivity contribution is 7.71. The van der Waals surface area contributed by atoms with Crippen molar-refractivity contribution < 1.29 is 14.4 Å². The average molecular weight is 777 g/mol. The van der Waals surface area contributed by atoms with E-state index < -0.39 is 0 Å². The zero-order valence-corrected chi connectivity index (χ0v) is 34.1. The number of aromatic amines is 2. The summed E-state index contributed by atoms with van der Waals surface area (Å²) in [6.07, 6.45) is 23.1. The van der Waals surface area contributed by atoms with Crippen LogP contribution in [0.1, 0.15) is 91.4 Å². The highest BCUT2D eigenvalue weighted by Gasteiger charge is 2.61. The van der Waals surface area contributed by atoms with E-state index in [1.165, 1.54) is 25.7 Å². The Hall–Kier alpha value is -4.37. The third kappa shape index (κ3) is 6.67. The van der Waals surface area contributed by atoms with Crippen molar-refractivity contribution >= 4 is 57.7 Å². The lowest BCUT2D eigenvalue weighted by Gasteiger charge is -2.60. The van der Waals surface area contributed by atoms with E-state index in [0.717, 1.165) is 89.4 Å². The maximum Gasteiger partial charge on any atom is 0.234 e. The maximum absolute atomic E-state index is 13.7. The van der Waals surface area contributed by atoms with Gasteiger partial charge in [-0.15, -0.1) is 6.42 Å². The Labute approximate surface area is 334 Å². The van der Waals surface area contributed by atoms with Crippen LogP contribution in [0.25, 0.3) is 22.2 Å². The molecule has 9 unspecified atom stereocenters. The van der Waals surface area contributed by atoms with Gasteiger partial charge in [0.1, 0.15) is 34.7 Å². The zero-order chi connectivity index (χ0) is 39.4. The number of rotatable bonds is 6. The van der Waals surface area contributed by atoms with Crippen molar-refractivity contribution in [1.29, 1.82) is 0 Å². The number of likely N-dealkylation sites (N-methyl/N-ethyl adjacent to an activating group) is 1. The van der Waals surface area contributed by atoms with Crippen LogP contribution in [0.4, 0.5) is 5.82 Å². The largest absolute Gasteiger partial charge is 0.354 e. The molecule has 5 aliphatic rings. The maximum atomic E-state index is 13.7. The molecule has 12 heteroatoms. The van der Waals surface area contributed by atoms with E-state index in [9.17, 15) is 14.4 Å². The lowest BCUT2D eigenvalue weighted by Crippen LogP contribution is -2.54. The number of carbonyl (C=O) groups is 3. The molecule has 4 aromatic rings. The molecule has 4 saturated carbocycles. The van der Waals surface area contributed by atoms with E-state index in [4.69, 9.17) is 18.6 Å². The Kier molecular flexibility index (Phi) is 10.4. The van der Waals surface area contributed by atoms with Gasteiger partial charge in [-0.1, -0.05) is 38.9 Å². The zero-order valence-electron chi connectivity index (χ0n) is 33.3. The summed E-state index contributed by atoms with van der Waals surface area (Å²) in [5.74, 6) is 7.48. The first-order chi connectivity index (χ1) is 26.9. The number of aromatic nitrogens is 6. The molecule has 0 aromatic carbocycles. The smallest absolute Gasteiger partial charge is 0.234 e. The second-order valence-corrected chi connectivity index (χ2v) is 18.5. The van der Waals surface area contributed by atoms with Crippen molar-refractivity contribution in [3.63, 3.8) is 0 Å². The van der Waals surface area contributed by atoms with Gasteiger partial charge in [0.2, 0.25) is 5.91 Å². The average Bonchev–Trinajstić information content (AvgIpc) is 3.93. The van der Waals surface area contributed by atoms with Crippen LogP contribution in [-0.4, -0.2) is 78.0 Å². The van der Waals surface area contributed by atoms with E-state index in [0.29, 0.717) is 47.8 Å². The van der Waals surface area contributed by atoms with Gasteiger partial charge in [-0.25, -0.2) is 15.0 Å². The molecule has 5 fully saturated rings. The van der Waals surface area contributed by atoms with Gasteiger partial charge in [-0.3, -0.25) is 14.4 Å². The second kappa shape index (κ2) is 15.2. The molecular weight excluding hydrogens is 721 g/mol. The Morgan fingerprint density at radius 1 is 1.02 bits per heavy atom. The molecule has 2 N–H and O–H groups in total. The number of likely N-dealkylation sites (tertiary alicyclic amines) is 1. The Bertz CT molecular complexity index is 2240. The predicted octanol–water partition coefficient (Wildman–Crippen LogP) is 7.55. The Morgan fingerprint density at radius 3 is 2.64 bits per heavy atom. The number of fused-ring (bicyclic) bond motifs is 7. The second-order valence-electron chi connectivity index (χ2n) is 18.1. The SMILES string of the molecule is C#CCC(=O)N1CCC(C)C(N(C)c2ncnc3[nH]ccc23)C1.CC12CCC(=O)CC1CCC1C2CCC2(C)C(C(=O)Cn3cnc4c(=S)cc[nH]c43)CCC12. The third-order valence-electron chi connectivity index (χ3n) is 15.4. The molecule has 4 aliphatic carbocycles. The Balaban J connectivity index is 0.000000169. The van der Waals surface area contributed by atoms with Gasteiger partial charge in [0.25, 0.3) is 0 Å². The van der Waals surface area contributed by atoms with Crippen LogP contribution in [0.3, 0.4) is 0 Å². The van der Waals surface area contributed by atoms with Crippen LogP contribution < -0.4 is 4.90 Å². The van der Waals surface area contributed by atoms with E-state index >= 15 is 0 Å². The van der Waals surface area contributed by atoms with Crippen LogP contribution in [0.5, 0.6) is 0 Å². The first kappa shape index (κ1) is 38.5. The molecule has 296 valence electrons. The molecular formula is C44H56N8O3S. The number of anilines is 1. The van der Waals surface area contributed by atoms with Crippen molar-refractivity contribution in [2.45, 2.75) is 104 Å². The van der Waals surface area contributed by atoms with Gasteiger partial charge < -0.3 is 24.3 Å². The number of pyridine rings is 1. The first-order valence-corrected chi connectivity index (χ1v) is 21.1. The number of piperidine rings is 1. The summed E-state index contributed by atoms with van der Waals surface area (Å²) < 4.78 is 2.66. The molecule has 5 heterocycles. The molecule has 9 rings (SSSR count). The number of nitrogens with one attached hydrogen (secondary N) is 2. The molecule has 11 nitrogen and oxygen atoms in total. The van der Waals surface area contributed by atoms with Crippen molar-refractivity contribution in [3.05, 3.63) is 41.7 Å². The topological polar surface area (TPSA) is 133 Å². The number of H-pyrrole nitrogens is 2. The lowest BCUT2D eigenvalue weighted by molar-refractivity contribution is -0.144. The number of Topliss-reactive ketones (excluding diaryl/α,β-unsaturated/α-hetero) is 2. The molecule has 1 aliphatic heterocycles. The molecule has 1 saturated heterocycles. The quantitative estimate of drug-likeness (QED) is 0.152. The fraction of sp³-hybridized carbons (Fsp3) is 0.614. The number of terminal acetylenes is 1. The Morgan fingerprint density at radius 2 is 1.82 bits per heavy atom. The summed E-state index contributed by atoms with van der Waals surface area (Å²) in [6.45, 7) is 8.95. The monoisotopic (exact) mass is 776 g/mol. The number of hydrogen-bond acceptors (Lipinski definition) is 8. The van der Waals surface area contributed by atoms with Crippen LogP contribution in [0, 0.1) is 63.2 Å². The minimum absolute atomic E-state index is 0.0345. The summed E-state index contributed by atoms with van der Waals surface area (Å²) in [5.41, 5.74) is 2.87. The van der Waals surface area contributed by atoms with Gasteiger partial charge in [-0.2, -0.15) is 0 Å². The van der Waals surface area contributed by atoms with Gasteiger partial charge >= 0.3 is 0 Å². The van der Waals surface area contributed by atoms with Crippen molar-refractivity contribution in [1.82, 2.24) is 34.4 Å². The number of amides is 1. The van der Waals surface area contributed by atoms with Crippen LogP contribution in [0.2, 0.25) is 0 Å². The lowest BCUT2D eigenvalue weighted by atomic mass is 9.44.